The lowest BCUT2D eigenvalue weighted by molar-refractivity contribution is 0.141. The number of hydrogen-bond acceptors (Lipinski definition) is 5. The predicted octanol–water partition coefficient (Wildman–Crippen LogP) is 3.88. The maximum absolute atomic E-state index is 9.50. The standard InChI is InChI=1S/C19H20N2O2S/c22-10-9-21(17-8-7-14-4-1-2-5-16(14)17)12-15-13-24-19(20-15)18-6-3-11-23-18/h1-6,11,13,17,22H,7-10,12H2. The smallest absolute Gasteiger partial charge is 0.162 e. The van der Waals surface area contributed by atoms with Crippen LogP contribution in [0.3, 0.4) is 0 Å². The molecule has 1 unspecified atom stereocenters. The molecule has 1 aromatic carbocycles. The highest BCUT2D eigenvalue weighted by Crippen LogP contribution is 2.36. The van der Waals surface area contributed by atoms with Gasteiger partial charge in [0.15, 0.2) is 10.8 Å². The second-order valence-electron chi connectivity index (χ2n) is 6.07. The van der Waals surface area contributed by atoms with E-state index in [4.69, 9.17) is 9.40 Å². The first-order valence-electron chi connectivity index (χ1n) is 8.26. The zero-order chi connectivity index (χ0) is 16.4. The van der Waals surface area contributed by atoms with Crippen molar-refractivity contribution in [2.45, 2.75) is 25.4 Å². The highest BCUT2D eigenvalue weighted by Gasteiger charge is 2.27. The molecule has 1 aliphatic carbocycles. The van der Waals surface area contributed by atoms with Gasteiger partial charge in [-0.1, -0.05) is 24.3 Å². The van der Waals surface area contributed by atoms with E-state index in [1.807, 2.05) is 12.1 Å². The summed E-state index contributed by atoms with van der Waals surface area (Å²) in [5.41, 5.74) is 3.86. The van der Waals surface area contributed by atoms with Gasteiger partial charge in [-0.05, 0) is 36.1 Å². The van der Waals surface area contributed by atoms with Crippen LogP contribution >= 0.6 is 11.3 Å². The molecule has 0 saturated heterocycles. The van der Waals surface area contributed by atoms with Gasteiger partial charge in [0.25, 0.3) is 0 Å². The fourth-order valence-electron chi connectivity index (χ4n) is 3.49. The minimum absolute atomic E-state index is 0.161. The van der Waals surface area contributed by atoms with Gasteiger partial charge in [-0.15, -0.1) is 11.3 Å². The maximum atomic E-state index is 9.50. The van der Waals surface area contributed by atoms with Crippen molar-refractivity contribution in [3.8, 4) is 10.8 Å². The van der Waals surface area contributed by atoms with Crippen molar-refractivity contribution in [2.24, 2.45) is 0 Å². The van der Waals surface area contributed by atoms with Crippen LogP contribution in [0.5, 0.6) is 0 Å². The highest BCUT2D eigenvalue weighted by atomic mass is 32.1. The molecule has 4 rings (SSSR count). The first-order chi connectivity index (χ1) is 11.8. The molecule has 1 atom stereocenters. The monoisotopic (exact) mass is 340 g/mol. The van der Waals surface area contributed by atoms with Gasteiger partial charge in [0, 0.05) is 24.5 Å². The summed E-state index contributed by atoms with van der Waals surface area (Å²) in [6.45, 7) is 1.57. The second kappa shape index (κ2) is 6.89. The van der Waals surface area contributed by atoms with E-state index in [1.54, 1.807) is 17.6 Å². The Morgan fingerprint density at radius 3 is 3.00 bits per heavy atom. The Kier molecular flexibility index (Phi) is 4.47. The van der Waals surface area contributed by atoms with Gasteiger partial charge >= 0.3 is 0 Å². The zero-order valence-electron chi connectivity index (χ0n) is 13.4. The minimum atomic E-state index is 0.161. The number of thiazole rings is 1. The van der Waals surface area contributed by atoms with E-state index in [9.17, 15) is 5.11 Å². The molecule has 3 aromatic rings. The van der Waals surface area contributed by atoms with Crippen molar-refractivity contribution in [1.82, 2.24) is 9.88 Å². The van der Waals surface area contributed by atoms with Crippen molar-refractivity contribution < 1.29 is 9.52 Å². The fraction of sp³-hybridized carbons (Fsp3) is 0.316. The number of furan rings is 1. The van der Waals surface area contributed by atoms with Crippen molar-refractivity contribution in [2.75, 3.05) is 13.2 Å². The van der Waals surface area contributed by atoms with E-state index in [-0.39, 0.29) is 6.61 Å². The molecule has 0 aliphatic heterocycles. The van der Waals surface area contributed by atoms with E-state index in [1.165, 1.54) is 11.1 Å². The normalized spacial score (nSPS) is 16.7. The molecule has 4 nitrogen and oxygen atoms in total. The molecule has 0 amide bonds. The van der Waals surface area contributed by atoms with Crippen LogP contribution in [0.1, 0.15) is 29.3 Å². The number of fused-ring (bicyclic) bond motifs is 1. The molecular weight excluding hydrogens is 320 g/mol. The first-order valence-corrected chi connectivity index (χ1v) is 9.14. The summed E-state index contributed by atoms with van der Waals surface area (Å²) < 4.78 is 5.43. The van der Waals surface area contributed by atoms with Gasteiger partial charge in [-0.25, -0.2) is 4.98 Å². The van der Waals surface area contributed by atoms with Gasteiger partial charge in [0.05, 0.1) is 18.6 Å². The lowest BCUT2D eigenvalue weighted by atomic mass is 10.1. The molecule has 0 saturated carbocycles. The Balaban J connectivity index is 1.54. The van der Waals surface area contributed by atoms with Crippen LogP contribution in [0.4, 0.5) is 0 Å². The van der Waals surface area contributed by atoms with Crippen LogP contribution < -0.4 is 0 Å². The molecule has 5 heteroatoms. The molecule has 24 heavy (non-hydrogen) atoms. The van der Waals surface area contributed by atoms with Gasteiger partial charge in [-0.2, -0.15) is 0 Å². The third-order valence-electron chi connectivity index (χ3n) is 4.58. The van der Waals surface area contributed by atoms with Crippen molar-refractivity contribution in [3.05, 3.63) is 64.9 Å². The van der Waals surface area contributed by atoms with Crippen molar-refractivity contribution in [3.63, 3.8) is 0 Å². The zero-order valence-corrected chi connectivity index (χ0v) is 14.2. The van der Waals surface area contributed by atoms with Crippen LogP contribution in [0.15, 0.2) is 52.5 Å². The quantitative estimate of drug-likeness (QED) is 0.740. The third kappa shape index (κ3) is 3.02. The van der Waals surface area contributed by atoms with Crippen molar-refractivity contribution >= 4 is 11.3 Å². The number of aromatic nitrogens is 1. The largest absolute Gasteiger partial charge is 0.462 e. The number of rotatable bonds is 6. The maximum Gasteiger partial charge on any atom is 0.162 e. The first kappa shape index (κ1) is 15.6. The SMILES string of the molecule is OCCN(Cc1csc(-c2ccco2)n1)C1CCc2ccccc21. The van der Waals surface area contributed by atoms with Crippen LogP contribution in [0, 0.1) is 0 Å². The number of nitrogens with zero attached hydrogens (tertiary/aromatic N) is 2. The minimum Gasteiger partial charge on any atom is -0.462 e. The van der Waals surface area contributed by atoms with Gasteiger partial charge in [-0.3, -0.25) is 4.90 Å². The summed E-state index contributed by atoms with van der Waals surface area (Å²) in [6, 6.07) is 12.8. The summed E-state index contributed by atoms with van der Waals surface area (Å²) in [5, 5.41) is 12.5. The van der Waals surface area contributed by atoms with E-state index >= 15 is 0 Å². The number of aryl methyl sites for hydroxylation is 1. The van der Waals surface area contributed by atoms with Crippen LogP contribution in [-0.2, 0) is 13.0 Å². The Morgan fingerprint density at radius 2 is 2.17 bits per heavy atom. The fourth-order valence-corrected chi connectivity index (χ4v) is 4.27. The number of benzene rings is 1. The van der Waals surface area contributed by atoms with E-state index < -0.39 is 0 Å². The van der Waals surface area contributed by atoms with E-state index in [2.05, 4.69) is 34.5 Å². The highest BCUT2D eigenvalue weighted by molar-refractivity contribution is 7.13. The van der Waals surface area contributed by atoms with Gasteiger partial charge in [0.1, 0.15) is 0 Å². The van der Waals surface area contributed by atoms with Crippen LogP contribution in [0.2, 0.25) is 0 Å². The van der Waals surface area contributed by atoms with E-state index in [0.717, 1.165) is 35.8 Å². The van der Waals surface area contributed by atoms with Gasteiger partial charge < -0.3 is 9.52 Å². The van der Waals surface area contributed by atoms with Crippen molar-refractivity contribution in [1.29, 1.82) is 0 Å². The molecule has 2 aromatic heterocycles. The molecular formula is C19H20N2O2S. The summed E-state index contributed by atoms with van der Waals surface area (Å²) in [7, 11) is 0. The lowest BCUT2D eigenvalue weighted by Gasteiger charge is -2.28. The summed E-state index contributed by atoms with van der Waals surface area (Å²) >= 11 is 1.60. The molecule has 1 N–H and O–H groups in total. The Bertz CT molecular complexity index is 797. The molecule has 0 bridgehead atoms. The molecule has 0 spiro atoms. The molecule has 1 aliphatic rings. The Labute approximate surface area is 145 Å². The number of aliphatic hydroxyl groups excluding tert-OH is 1. The van der Waals surface area contributed by atoms with E-state index in [0.29, 0.717) is 12.6 Å². The summed E-state index contributed by atoms with van der Waals surface area (Å²) in [6.07, 6.45) is 3.88. The average molecular weight is 340 g/mol. The average Bonchev–Trinajstić information content (AvgIpc) is 3.34. The number of aliphatic hydroxyl groups is 1. The third-order valence-corrected chi connectivity index (χ3v) is 5.48. The molecule has 2 heterocycles. The topological polar surface area (TPSA) is 49.5 Å². The van der Waals surface area contributed by atoms with Crippen LogP contribution in [-0.4, -0.2) is 28.1 Å². The Hall–Kier alpha value is -1.95. The van der Waals surface area contributed by atoms with Gasteiger partial charge in [0.2, 0.25) is 0 Å². The number of hydrogen-bond donors (Lipinski definition) is 1. The predicted molar refractivity (Wildman–Crippen MR) is 94.8 cm³/mol. The van der Waals surface area contributed by atoms with Crippen LogP contribution in [0.25, 0.3) is 10.8 Å². The molecule has 0 fully saturated rings. The lowest BCUT2D eigenvalue weighted by Crippen LogP contribution is -2.30. The molecule has 124 valence electrons. The second-order valence-corrected chi connectivity index (χ2v) is 6.93. The molecule has 0 radical (unpaired) electrons. The summed E-state index contributed by atoms with van der Waals surface area (Å²) in [4.78, 5) is 7.04. The summed E-state index contributed by atoms with van der Waals surface area (Å²) in [5.74, 6) is 0.811. The Morgan fingerprint density at radius 1 is 1.25 bits per heavy atom.